The molecule has 19 heavy (non-hydrogen) atoms. The van der Waals surface area contributed by atoms with E-state index in [0.29, 0.717) is 6.04 Å². The van der Waals surface area contributed by atoms with Crippen molar-refractivity contribution in [1.29, 1.82) is 0 Å². The lowest BCUT2D eigenvalue weighted by Crippen LogP contribution is -2.45. The Morgan fingerprint density at radius 1 is 1.21 bits per heavy atom. The Labute approximate surface area is 118 Å². The normalized spacial score (nSPS) is 23.4. The van der Waals surface area contributed by atoms with E-state index in [1.54, 1.807) is 0 Å². The number of hydrogen-bond acceptors (Lipinski definition) is 2. The van der Waals surface area contributed by atoms with Crippen LogP contribution in [-0.2, 0) is 0 Å². The van der Waals surface area contributed by atoms with Gasteiger partial charge in [0.05, 0.1) is 0 Å². The molecule has 0 bridgehead atoms. The maximum atomic E-state index is 3.67. The largest absolute Gasteiger partial charge is 0.373 e. The molecule has 1 aromatic rings. The molecule has 1 aliphatic heterocycles. The number of nitrogens with zero attached hydrogens (tertiary/aromatic N) is 1. The third kappa shape index (κ3) is 3.97. The van der Waals surface area contributed by atoms with Crippen LogP contribution in [0.1, 0.15) is 37.3 Å². The van der Waals surface area contributed by atoms with E-state index in [1.165, 1.54) is 42.6 Å². The van der Waals surface area contributed by atoms with Crippen LogP contribution in [0.15, 0.2) is 18.2 Å². The van der Waals surface area contributed by atoms with Gasteiger partial charge in [0, 0.05) is 25.3 Å². The molecule has 2 unspecified atom stereocenters. The second kappa shape index (κ2) is 6.42. The summed E-state index contributed by atoms with van der Waals surface area (Å²) in [6, 6.07) is 7.45. The van der Waals surface area contributed by atoms with Crippen LogP contribution in [0.3, 0.4) is 0 Å². The summed E-state index contributed by atoms with van der Waals surface area (Å²) in [5.41, 5.74) is 4.05. The minimum atomic E-state index is 0.643. The van der Waals surface area contributed by atoms with Crippen molar-refractivity contribution in [2.45, 2.75) is 46.1 Å². The van der Waals surface area contributed by atoms with Gasteiger partial charge in [0.2, 0.25) is 0 Å². The molecule has 0 spiro atoms. The fourth-order valence-electron chi connectivity index (χ4n) is 3.21. The van der Waals surface area contributed by atoms with Crippen LogP contribution in [-0.4, -0.2) is 26.2 Å². The summed E-state index contributed by atoms with van der Waals surface area (Å²) in [5.74, 6) is 0.916. The Hall–Kier alpha value is -1.02. The Bertz CT molecular complexity index is 393. The molecule has 1 fully saturated rings. The molecular formula is C17H28N2. The first-order valence-corrected chi connectivity index (χ1v) is 7.61. The van der Waals surface area contributed by atoms with E-state index >= 15 is 0 Å². The molecule has 0 radical (unpaired) electrons. The fraction of sp³-hybridized carbons (Fsp3) is 0.647. The molecule has 0 aromatic heterocycles. The SMILES string of the molecule is CCC1CCNC(CN(C)c2cc(C)cc(C)c2)C1. The number of rotatable bonds is 4. The van der Waals surface area contributed by atoms with Crippen molar-refractivity contribution in [2.24, 2.45) is 5.92 Å². The number of nitrogens with one attached hydrogen (secondary N) is 1. The highest BCUT2D eigenvalue weighted by molar-refractivity contribution is 5.50. The summed E-state index contributed by atoms with van der Waals surface area (Å²) in [6.45, 7) is 8.97. The molecule has 2 rings (SSSR count). The second-order valence-corrected chi connectivity index (χ2v) is 6.18. The van der Waals surface area contributed by atoms with Crippen LogP contribution in [0.5, 0.6) is 0 Å². The first kappa shape index (κ1) is 14.4. The van der Waals surface area contributed by atoms with E-state index in [-0.39, 0.29) is 0 Å². The van der Waals surface area contributed by atoms with Crippen LogP contribution < -0.4 is 10.2 Å². The van der Waals surface area contributed by atoms with Crippen molar-refractivity contribution in [3.63, 3.8) is 0 Å². The monoisotopic (exact) mass is 260 g/mol. The van der Waals surface area contributed by atoms with E-state index < -0.39 is 0 Å². The molecule has 1 saturated heterocycles. The van der Waals surface area contributed by atoms with Crippen molar-refractivity contribution in [2.75, 3.05) is 25.0 Å². The van der Waals surface area contributed by atoms with Crippen LogP contribution in [0, 0.1) is 19.8 Å². The fourth-order valence-corrected chi connectivity index (χ4v) is 3.21. The number of hydrogen-bond donors (Lipinski definition) is 1. The Kier molecular flexibility index (Phi) is 4.87. The zero-order chi connectivity index (χ0) is 13.8. The minimum Gasteiger partial charge on any atom is -0.373 e. The van der Waals surface area contributed by atoms with Crippen molar-refractivity contribution in [3.8, 4) is 0 Å². The highest BCUT2D eigenvalue weighted by Crippen LogP contribution is 2.22. The average molecular weight is 260 g/mol. The summed E-state index contributed by atoms with van der Waals surface area (Å²) in [7, 11) is 2.21. The molecule has 1 aliphatic rings. The summed E-state index contributed by atoms with van der Waals surface area (Å²) >= 11 is 0. The maximum Gasteiger partial charge on any atom is 0.0369 e. The van der Waals surface area contributed by atoms with Gasteiger partial charge >= 0.3 is 0 Å². The second-order valence-electron chi connectivity index (χ2n) is 6.18. The van der Waals surface area contributed by atoms with Gasteiger partial charge in [-0.3, -0.25) is 0 Å². The lowest BCUT2D eigenvalue weighted by Gasteiger charge is -2.33. The van der Waals surface area contributed by atoms with E-state index in [2.05, 4.69) is 56.2 Å². The lowest BCUT2D eigenvalue weighted by atomic mass is 9.90. The third-order valence-electron chi connectivity index (χ3n) is 4.32. The Morgan fingerprint density at radius 3 is 2.53 bits per heavy atom. The minimum absolute atomic E-state index is 0.643. The standard InChI is InChI=1S/C17H28N2/c1-5-15-6-7-18-16(11-15)12-19(4)17-9-13(2)8-14(3)10-17/h8-10,15-16,18H,5-7,11-12H2,1-4H3. The summed E-state index contributed by atoms with van der Waals surface area (Å²) in [4.78, 5) is 2.40. The van der Waals surface area contributed by atoms with Gasteiger partial charge < -0.3 is 10.2 Å². The van der Waals surface area contributed by atoms with Gasteiger partial charge in [0.15, 0.2) is 0 Å². The molecule has 0 saturated carbocycles. The molecule has 2 heteroatoms. The van der Waals surface area contributed by atoms with Gasteiger partial charge in [0.25, 0.3) is 0 Å². The van der Waals surface area contributed by atoms with Crippen LogP contribution in [0.2, 0.25) is 0 Å². The smallest absolute Gasteiger partial charge is 0.0369 e. The Morgan fingerprint density at radius 2 is 1.89 bits per heavy atom. The predicted molar refractivity (Wildman–Crippen MR) is 84.0 cm³/mol. The summed E-state index contributed by atoms with van der Waals surface area (Å²) in [5, 5.41) is 3.67. The van der Waals surface area contributed by atoms with Gasteiger partial charge in [-0.25, -0.2) is 0 Å². The first-order valence-electron chi connectivity index (χ1n) is 7.61. The average Bonchev–Trinajstić information content (AvgIpc) is 2.37. The molecule has 0 amide bonds. The van der Waals surface area contributed by atoms with Gasteiger partial charge in [-0.05, 0) is 62.4 Å². The van der Waals surface area contributed by atoms with Gasteiger partial charge in [-0.1, -0.05) is 19.4 Å². The van der Waals surface area contributed by atoms with Crippen molar-refractivity contribution in [3.05, 3.63) is 29.3 Å². The molecule has 106 valence electrons. The van der Waals surface area contributed by atoms with E-state index in [9.17, 15) is 0 Å². The highest BCUT2D eigenvalue weighted by Gasteiger charge is 2.21. The zero-order valence-electron chi connectivity index (χ0n) is 12.9. The summed E-state index contributed by atoms with van der Waals surface area (Å²) in [6.07, 6.45) is 4.00. The molecule has 2 nitrogen and oxygen atoms in total. The van der Waals surface area contributed by atoms with Gasteiger partial charge in [-0.15, -0.1) is 0 Å². The maximum absolute atomic E-state index is 3.67. The van der Waals surface area contributed by atoms with Crippen molar-refractivity contribution in [1.82, 2.24) is 5.32 Å². The van der Waals surface area contributed by atoms with Crippen molar-refractivity contribution >= 4 is 5.69 Å². The zero-order valence-corrected chi connectivity index (χ0v) is 12.9. The number of anilines is 1. The molecule has 1 aromatic carbocycles. The van der Waals surface area contributed by atoms with Gasteiger partial charge in [-0.2, -0.15) is 0 Å². The van der Waals surface area contributed by atoms with E-state index in [0.717, 1.165) is 12.5 Å². The molecule has 1 heterocycles. The quantitative estimate of drug-likeness (QED) is 0.891. The third-order valence-corrected chi connectivity index (χ3v) is 4.32. The summed E-state index contributed by atoms with van der Waals surface area (Å²) < 4.78 is 0. The highest BCUT2D eigenvalue weighted by atomic mass is 15.1. The first-order chi connectivity index (χ1) is 9.08. The number of aryl methyl sites for hydroxylation is 2. The van der Waals surface area contributed by atoms with E-state index in [1.807, 2.05) is 0 Å². The molecule has 2 atom stereocenters. The van der Waals surface area contributed by atoms with Crippen LogP contribution in [0.25, 0.3) is 0 Å². The lowest BCUT2D eigenvalue weighted by molar-refractivity contribution is 0.297. The van der Waals surface area contributed by atoms with E-state index in [4.69, 9.17) is 0 Å². The number of likely N-dealkylation sites (N-methyl/N-ethyl adjacent to an activating group) is 1. The van der Waals surface area contributed by atoms with Gasteiger partial charge in [0.1, 0.15) is 0 Å². The predicted octanol–water partition coefficient (Wildman–Crippen LogP) is 3.52. The van der Waals surface area contributed by atoms with Crippen LogP contribution >= 0.6 is 0 Å². The Balaban J connectivity index is 1.98. The molecular weight excluding hydrogens is 232 g/mol. The topological polar surface area (TPSA) is 15.3 Å². The molecule has 1 N–H and O–H groups in total. The molecule has 0 aliphatic carbocycles. The van der Waals surface area contributed by atoms with Crippen molar-refractivity contribution < 1.29 is 0 Å². The number of benzene rings is 1. The van der Waals surface area contributed by atoms with Crippen LogP contribution in [0.4, 0.5) is 5.69 Å². The number of piperidine rings is 1.